The second kappa shape index (κ2) is 9.26. The molecule has 0 radical (unpaired) electrons. The number of halogens is 1. The quantitative estimate of drug-likeness (QED) is 0.782. The number of likely N-dealkylation sites (tertiary alicyclic amines) is 1. The molecule has 124 valence electrons. The van der Waals surface area contributed by atoms with E-state index in [4.69, 9.17) is 5.73 Å². The lowest BCUT2D eigenvalue weighted by atomic mass is 9.91. The number of nitrogens with zero attached hydrogens (tertiary/aromatic N) is 1. The Labute approximate surface area is 134 Å². The van der Waals surface area contributed by atoms with Crippen LogP contribution in [0, 0.1) is 5.92 Å². The molecule has 2 unspecified atom stereocenters. The van der Waals surface area contributed by atoms with E-state index in [-0.39, 0.29) is 30.1 Å². The molecule has 1 fully saturated rings. The largest absolute Gasteiger partial charge is 0.356 e. The van der Waals surface area contributed by atoms with Gasteiger partial charge in [-0.05, 0) is 32.6 Å². The number of carbonyl (C=O) groups is 2. The van der Waals surface area contributed by atoms with E-state index in [1.807, 2.05) is 13.8 Å². The predicted molar refractivity (Wildman–Crippen MR) is 87.4 cm³/mol. The smallest absolute Gasteiger partial charge is 0.242 e. The Hall–Kier alpha value is -0.810. The molecular formula is C15H30ClN3O2. The maximum Gasteiger partial charge on any atom is 0.242 e. The van der Waals surface area contributed by atoms with Crippen molar-refractivity contribution in [2.24, 2.45) is 11.7 Å². The zero-order valence-electron chi connectivity index (χ0n) is 13.5. The van der Waals surface area contributed by atoms with Gasteiger partial charge in [-0.25, -0.2) is 0 Å². The van der Waals surface area contributed by atoms with Crippen molar-refractivity contribution in [1.82, 2.24) is 10.2 Å². The molecule has 6 heteroatoms. The minimum atomic E-state index is -0.809. The summed E-state index contributed by atoms with van der Waals surface area (Å²) in [4.78, 5) is 26.3. The van der Waals surface area contributed by atoms with E-state index < -0.39 is 5.54 Å². The van der Waals surface area contributed by atoms with Crippen molar-refractivity contribution in [2.75, 3.05) is 19.6 Å². The number of hydrogen-bond donors (Lipinski definition) is 2. The maximum atomic E-state index is 12.5. The average molecular weight is 320 g/mol. The van der Waals surface area contributed by atoms with Gasteiger partial charge in [-0.15, -0.1) is 12.4 Å². The first-order valence-corrected chi connectivity index (χ1v) is 7.78. The van der Waals surface area contributed by atoms with Crippen molar-refractivity contribution in [3.05, 3.63) is 0 Å². The van der Waals surface area contributed by atoms with Crippen LogP contribution in [0.15, 0.2) is 0 Å². The first-order chi connectivity index (χ1) is 9.42. The van der Waals surface area contributed by atoms with Crippen LogP contribution in [-0.4, -0.2) is 41.9 Å². The second-order valence-corrected chi connectivity index (χ2v) is 6.05. The van der Waals surface area contributed by atoms with E-state index in [9.17, 15) is 9.59 Å². The summed E-state index contributed by atoms with van der Waals surface area (Å²) < 4.78 is 0. The van der Waals surface area contributed by atoms with Gasteiger partial charge in [-0.3, -0.25) is 9.59 Å². The topological polar surface area (TPSA) is 75.4 Å². The summed E-state index contributed by atoms with van der Waals surface area (Å²) in [7, 11) is 0. The SMILES string of the molecule is CCCNC(=O)C1CCCN(C(=O)C(C)(N)CCC)C1.Cl. The van der Waals surface area contributed by atoms with Crippen LogP contribution >= 0.6 is 12.4 Å². The first kappa shape index (κ1) is 20.2. The van der Waals surface area contributed by atoms with Gasteiger partial charge in [-0.2, -0.15) is 0 Å². The molecule has 1 heterocycles. The molecule has 0 aliphatic carbocycles. The van der Waals surface area contributed by atoms with E-state index in [2.05, 4.69) is 5.32 Å². The summed E-state index contributed by atoms with van der Waals surface area (Å²) >= 11 is 0. The van der Waals surface area contributed by atoms with Gasteiger partial charge < -0.3 is 16.0 Å². The summed E-state index contributed by atoms with van der Waals surface area (Å²) in [5, 5.41) is 2.92. The molecular weight excluding hydrogens is 290 g/mol. The van der Waals surface area contributed by atoms with E-state index >= 15 is 0 Å². The molecule has 0 aromatic carbocycles. The number of carbonyl (C=O) groups excluding carboxylic acids is 2. The van der Waals surface area contributed by atoms with Crippen LogP contribution in [0.1, 0.15) is 52.9 Å². The molecule has 2 atom stereocenters. The van der Waals surface area contributed by atoms with Crippen LogP contribution in [-0.2, 0) is 9.59 Å². The van der Waals surface area contributed by atoms with Crippen molar-refractivity contribution in [3.63, 3.8) is 0 Å². The highest BCUT2D eigenvalue weighted by molar-refractivity contribution is 5.87. The van der Waals surface area contributed by atoms with E-state index in [1.165, 1.54) is 0 Å². The highest BCUT2D eigenvalue weighted by Crippen LogP contribution is 2.21. The van der Waals surface area contributed by atoms with Gasteiger partial charge >= 0.3 is 0 Å². The van der Waals surface area contributed by atoms with Gasteiger partial charge in [0.15, 0.2) is 0 Å². The fourth-order valence-corrected chi connectivity index (χ4v) is 2.76. The third-order valence-electron chi connectivity index (χ3n) is 3.89. The number of rotatable bonds is 6. The Morgan fingerprint density at radius 2 is 2.00 bits per heavy atom. The average Bonchev–Trinajstić information content (AvgIpc) is 2.44. The standard InChI is InChI=1S/C15H29N3O2.ClH/c1-4-8-15(3,16)14(20)18-10-6-7-12(11-18)13(19)17-9-5-2;/h12H,4-11,16H2,1-3H3,(H,17,19);1H. The Morgan fingerprint density at radius 1 is 1.33 bits per heavy atom. The van der Waals surface area contributed by atoms with Crippen LogP contribution in [0.25, 0.3) is 0 Å². The van der Waals surface area contributed by atoms with Crippen LogP contribution in [0.3, 0.4) is 0 Å². The molecule has 5 nitrogen and oxygen atoms in total. The van der Waals surface area contributed by atoms with E-state index in [0.717, 1.165) is 25.7 Å². The second-order valence-electron chi connectivity index (χ2n) is 6.05. The normalized spacial score (nSPS) is 21.1. The van der Waals surface area contributed by atoms with Gasteiger partial charge in [0.1, 0.15) is 0 Å². The lowest BCUT2D eigenvalue weighted by molar-refractivity contribution is -0.140. The third kappa shape index (κ3) is 5.83. The Balaban J connectivity index is 0.00000400. The summed E-state index contributed by atoms with van der Waals surface area (Å²) in [6, 6.07) is 0. The van der Waals surface area contributed by atoms with Crippen molar-refractivity contribution < 1.29 is 9.59 Å². The van der Waals surface area contributed by atoms with Crippen molar-refractivity contribution >= 4 is 24.2 Å². The summed E-state index contributed by atoms with van der Waals surface area (Å²) in [6.07, 6.45) is 4.22. The maximum absolute atomic E-state index is 12.5. The molecule has 1 aliphatic heterocycles. The van der Waals surface area contributed by atoms with Crippen molar-refractivity contribution in [2.45, 2.75) is 58.4 Å². The highest BCUT2D eigenvalue weighted by atomic mass is 35.5. The lowest BCUT2D eigenvalue weighted by Crippen LogP contribution is -2.56. The molecule has 0 bridgehead atoms. The molecule has 1 saturated heterocycles. The number of hydrogen-bond acceptors (Lipinski definition) is 3. The third-order valence-corrected chi connectivity index (χ3v) is 3.89. The molecule has 0 spiro atoms. The minimum Gasteiger partial charge on any atom is -0.356 e. The summed E-state index contributed by atoms with van der Waals surface area (Å²) in [5.41, 5.74) is 5.30. The fourth-order valence-electron chi connectivity index (χ4n) is 2.76. The Bertz CT molecular complexity index is 348. The fraction of sp³-hybridized carbons (Fsp3) is 0.867. The predicted octanol–water partition coefficient (Wildman–Crippen LogP) is 1.69. The number of nitrogens with one attached hydrogen (secondary N) is 1. The van der Waals surface area contributed by atoms with Crippen LogP contribution in [0.2, 0.25) is 0 Å². The van der Waals surface area contributed by atoms with Gasteiger partial charge in [0, 0.05) is 19.6 Å². The molecule has 0 saturated carbocycles. The number of amides is 2. The van der Waals surface area contributed by atoms with Crippen LogP contribution in [0.4, 0.5) is 0 Å². The first-order valence-electron chi connectivity index (χ1n) is 7.78. The molecule has 3 N–H and O–H groups in total. The summed E-state index contributed by atoms with van der Waals surface area (Å²) in [6.45, 7) is 7.77. The molecule has 21 heavy (non-hydrogen) atoms. The minimum absolute atomic E-state index is 0. The van der Waals surface area contributed by atoms with Crippen LogP contribution in [0.5, 0.6) is 0 Å². The molecule has 2 amide bonds. The van der Waals surface area contributed by atoms with Crippen molar-refractivity contribution in [3.8, 4) is 0 Å². The Morgan fingerprint density at radius 3 is 2.57 bits per heavy atom. The van der Waals surface area contributed by atoms with Gasteiger partial charge in [0.2, 0.25) is 11.8 Å². The van der Waals surface area contributed by atoms with Crippen molar-refractivity contribution in [1.29, 1.82) is 0 Å². The Kier molecular flexibility index (Phi) is 8.90. The zero-order chi connectivity index (χ0) is 15.2. The van der Waals surface area contributed by atoms with Gasteiger partial charge in [0.25, 0.3) is 0 Å². The number of piperidine rings is 1. The van der Waals surface area contributed by atoms with Gasteiger partial charge in [0.05, 0.1) is 11.5 Å². The van der Waals surface area contributed by atoms with E-state index in [0.29, 0.717) is 26.1 Å². The monoisotopic (exact) mass is 319 g/mol. The van der Waals surface area contributed by atoms with Gasteiger partial charge in [-0.1, -0.05) is 20.3 Å². The lowest BCUT2D eigenvalue weighted by Gasteiger charge is -2.37. The number of nitrogens with two attached hydrogens (primary N) is 1. The zero-order valence-corrected chi connectivity index (χ0v) is 14.3. The van der Waals surface area contributed by atoms with Crippen LogP contribution < -0.4 is 11.1 Å². The highest BCUT2D eigenvalue weighted by Gasteiger charge is 2.35. The van der Waals surface area contributed by atoms with E-state index in [1.54, 1.807) is 11.8 Å². The molecule has 0 aromatic heterocycles. The molecule has 1 rings (SSSR count). The molecule has 0 aromatic rings. The molecule has 1 aliphatic rings. The summed E-state index contributed by atoms with van der Waals surface area (Å²) in [5.74, 6) is -0.0393.